The Labute approximate surface area is 114 Å². The number of ether oxygens (including phenoxy) is 2. The molecular weight excluding hydrogens is 242 g/mol. The number of aryl methyl sites for hydroxylation is 1. The van der Waals surface area contributed by atoms with Gasteiger partial charge in [-0.2, -0.15) is 0 Å². The second-order valence-electron chi connectivity index (χ2n) is 5.00. The zero-order valence-corrected chi connectivity index (χ0v) is 11.5. The van der Waals surface area contributed by atoms with Gasteiger partial charge in [0.15, 0.2) is 0 Å². The van der Waals surface area contributed by atoms with E-state index in [1.807, 2.05) is 12.1 Å². The first-order chi connectivity index (χ1) is 9.25. The van der Waals surface area contributed by atoms with Gasteiger partial charge in [-0.1, -0.05) is 6.07 Å². The standard InChI is InChI=1S/C15H23NO3/c1-18-13-6-5-12-4-2-7-15(11-16,14(12)10-13)19-9-3-8-17/h5-6,10,17H,2-4,7-9,11,16H2,1H3. The number of fused-ring (bicyclic) bond motifs is 1. The van der Waals surface area contributed by atoms with Gasteiger partial charge in [-0.3, -0.25) is 0 Å². The molecule has 1 unspecified atom stereocenters. The maximum absolute atomic E-state index is 8.90. The molecule has 0 amide bonds. The Hall–Kier alpha value is -1.10. The molecule has 4 nitrogen and oxygen atoms in total. The minimum atomic E-state index is -0.419. The van der Waals surface area contributed by atoms with E-state index in [0.29, 0.717) is 19.6 Å². The van der Waals surface area contributed by atoms with E-state index in [0.717, 1.165) is 30.6 Å². The van der Waals surface area contributed by atoms with E-state index in [1.165, 1.54) is 5.56 Å². The number of hydrogen-bond acceptors (Lipinski definition) is 4. The molecule has 106 valence electrons. The summed E-state index contributed by atoms with van der Waals surface area (Å²) in [5.74, 6) is 0.837. The monoisotopic (exact) mass is 265 g/mol. The van der Waals surface area contributed by atoms with Crippen molar-refractivity contribution in [3.8, 4) is 5.75 Å². The van der Waals surface area contributed by atoms with Crippen LogP contribution in [0.5, 0.6) is 5.75 Å². The lowest BCUT2D eigenvalue weighted by atomic mass is 9.78. The fourth-order valence-corrected chi connectivity index (χ4v) is 2.78. The van der Waals surface area contributed by atoms with Crippen LogP contribution in [0.1, 0.15) is 30.4 Å². The third-order valence-electron chi connectivity index (χ3n) is 3.85. The van der Waals surface area contributed by atoms with Crippen molar-refractivity contribution < 1.29 is 14.6 Å². The van der Waals surface area contributed by atoms with Crippen LogP contribution < -0.4 is 10.5 Å². The second kappa shape index (κ2) is 6.37. The SMILES string of the molecule is COc1ccc2c(c1)C(CN)(OCCCO)CCC2. The molecule has 0 bridgehead atoms. The largest absolute Gasteiger partial charge is 0.497 e. The van der Waals surface area contributed by atoms with Crippen molar-refractivity contribution in [2.24, 2.45) is 5.73 Å². The number of benzene rings is 1. The van der Waals surface area contributed by atoms with Gasteiger partial charge in [0.1, 0.15) is 11.4 Å². The fourth-order valence-electron chi connectivity index (χ4n) is 2.78. The first-order valence-corrected chi connectivity index (χ1v) is 6.88. The summed E-state index contributed by atoms with van der Waals surface area (Å²) in [5.41, 5.74) is 8.02. The Bertz CT molecular complexity index is 422. The summed E-state index contributed by atoms with van der Waals surface area (Å²) in [6.07, 6.45) is 3.70. The third-order valence-corrected chi connectivity index (χ3v) is 3.85. The summed E-state index contributed by atoms with van der Waals surface area (Å²) in [5, 5.41) is 8.90. The summed E-state index contributed by atoms with van der Waals surface area (Å²) in [6.45, 7) is 1.13. The molecule has 1 aromatic carbocycles. The zero-order chi connectivity index (χ0) is 13.7. The molecule has 4 heteroatoms. The Morgan fingerprint density at radius 2 is 2.26 bits per heavy atom. The van der Waals surface area contributed by atoms with Crippen LogP contribution in [0.3, 0.4) is 0 Å². The Morgan fingerprint density at radius 1 is 1.42 bits per heavy atom. The molecule has 0 radical (unpaired) electrons. The predicted molar refractivity (Wildman–Crippen MR) is 74.3 cm³/mol. The lowest BCUT2D eigenvalue weighted by Gasteiger charge is -2.38. The maximum Gasteiger partial charge on any atom is 0.119 e. The summed E-state index contributed by atoms with van der Waals surface area (Å²) < 4.78 is 11.4. The van der Waals surface area contributed by atoms with Crippen LogP contribution in [0, 0.1) is 0 Å². The minimum absolute atomic E-state index is 0.144. The quantitative estimate of drug-likeness (QED) is 0.767. The van der Waals surface area contributed by atoms with E-state index in [-0.39, 0.29) is 6.61 Å². The summed E-state index contributed by atoms with van der Waals surface area (Å²) in [6, 6.07) is 6.13. The molecular formula is C15H23NO3. The van der Waals surface area contributed by atoms with E-state index in [2.05, 4.69) is 6.07 Å². The highest BCUT2D eigenvalue weighted by atomic mass is 16.5. The molecule has 19 heavy (non-hydrogen) atoms. The maximum atomic E-state index is 8.90. The highest BCUT2D eigenvalue weighted by Crippen LogP contribution is 2.39. The van der Waals surface area contributed by atoms with Crippen LogP contribution >= 0.6 is 0 Å². The van der Waals surface area contributed by atoms with Crippen LogP contribution in [-0.4, -0.2) is 32.0 Å². The number of aliphatic hydroxyl groups is 1. The van der Waals surface area contributed by atoms with Gasteiger partial charge in [-0.25, -0.2) is 0 Å². The second-order valence-corrected chi connectivity index (χ2v) is 5.00. The molecule has 0 heterocycles. The summed E-state index contributed by atoms with van der Waals surface area (Å²) >= 11 is 0. The Kier molecular flexibility index (Phi) is 4.80. The smallest absolute Gasteiger partial charge is 0.119 e. The van der Waals surface area contributed by atoms with Gasteiger partial charge in [0.2, 0.25) is 0 Å². The topological polar surface area (TPSA) is 64.7 Å². The van der Waals surface area contributed by atoms with Crippen molar-refractivity contribution in [1.29, 1.82) is 0 Å². The van der Waals surface area contributed by atoms with Crippen molar-refractivity contribution in [2.75, 3.05) is 26.9 Å². The van der Waals surface area contributed by atoms with Gasteiger partial charge < -0.3 is 20.3 Å². The van der Waals surface area contributed by atoms with E-state index in [4.69, 9.17) is 20.3 Å². The molecule has 1 aliphatic rings. The molecule has 1 aromatic rings. The van der Waals surface area contributed by atoms with E-state index >= 15 is 0 Å². The van der Waals surface area contributed by atoms with Crippen LogP contribution in [0.25, 0.3) is 0 Å². The van der Waals surface area contributed by atoms with Gasteiger partial charge in [-0.15, -0.1) is 0 Å². The van der Waals surface area contributed by atoms with E-state index < -0.39 is 5.60 Å². The minimum Gasteiger partial charge on any atom is -0.497 e. The average Bonchev–Trinajstić information content (AvgIpc) is 2.47. The molecule has 3 N–H and O–H groups in total. The molecule has 0 aliphatic heterocycles. The number of rotatable bonds is 6. The first-order valence-electron chi connectivity index (χ1n) is 6.88. The lowest BCUT2D eigenvalue weighted by molar-refractivity contribution is -0.0598. The van der Waals surface area contributed by atoms with Crippen molar-refractivity contribution in [3.63, 3.8) is 0 Å². The van der Waals surface area contributed by atoms with Crippen LogP contribution in [-0.2, 0) is 16.8 Å². The van der Waals surface area contributed by atoms with Gasteiger partial charge in [0.25, 0.3) is 0 Å². The van der Waals surface area contributed by atoms with Crippen molar-refractivity contribution in [3.05, 3.63) is 29.3 Å². The summed E-state index contributed by atoms with van der Waals surface area (Å²) in [4.78, 5) is 0. The first kappa shape index (κ1) is 14.3. The molecule has 0 aromatic heterocycles. The van der Waals surface area contributed by atoms with E-state index in [1.54, 1.807) is 7.11 Å². The van der Waals surface area contributed by atoms with Crippen molar-refractivity contribution >= 4 is 0 Å². The van der Waals surface area contributed by atoms with Crippen LogP contribution in [0.15, 0.2) is 18.2 Å². The Morgan fingerprint density at radius 3 is 2.95 bits per heavy atom. The molecule has 1 atom stereocenters. The molecule has 0 saturated carbocycles. The molecule has 2 rings (SSSR count). The Balaban J connectivity index is 2.30. The van der Waals surface area contributed by atoms with Crippen LogP contribution in [0.4, 0.5) is 0 Å². The molecule has 1 aliphatic carbocycles. The lowest BCUT2D eigenvalue weighted by Crippen LogP contribution is -2.41. The normalized spacial score (nSPS) is 22.1. The summed E-state index contributed by atoms with van der Waals surface area (Å²) in [7, 11) is 1.67. The van der Waals surface area contributed by atoms with E-state index in [9.17, 15) is 0 Å². The van der Waals surface area contributed by atoms with Gasteiger partial charge in [0.05, 0.1) is 13.7 Å². The highest BCUT2D eigenvalue weighted by Gasteiger charge is 2.36. The number of hydrogen-bond donors (Lipinski definition) is 2. The van der Waals surface area contributed by atoms with Gasteiger partial charge in [0, 0.05) is 13.2 Å². The van der Waals surface area contributed by atoms with Crippen molar-refractivity contribution in [1.82, 2.24) is 0 Å². The molecule has 0 saturated heterocycles. The number of aliphatic hydroxyl groups excluding tert-OH is 1. The fraction of sp³-hybridized carbons (Fsp3) is 0.600. The van der Waals surface area contributed by atoms with Gasteiger partial charge >= 0.3 is 0 Å². The predicted octanol–water partition coefficient (Wildman–Crippen LogP) is 1.58. The third kappa shape index (κ3) is 2.91. The van der Waals surface area contributed by atoms with Gasteiger partial charge in [-0.05, 0) is 48.9 Å². The molecule has 0 spiro atoms. The average molecular weight is 265 g/mol. The van der Waals surface area contributed by atoms with Crippen LogP contribution in [0.2, 0.25) is 0 Å². The van der Waals surface area contributed by atoms with Crippen molar-refractivity contribution in [2.45, 2.75) is 31.3 Å². The highest BCUT2D eigenvalue weighted by molar-refractivity contribution is 5.41. The number of nitrogens with two attached hydrogens (primary N) is 1. The molecule has 0 fully saturated rings. The zero-order valence-electron chi connectivity index (χ0n) is 11.5. The number of methoxy groups -OCH3 is 1.